The van der Waals surface area contributed by atoms with Crippen molar-refractivity contribution in [1.82, 2.24) is 9.55 Å². The number of rotatable bonds is 3. The molecule has 0 saturated carbocycles. The molecular formula is C11H12BrN3O2. The maximum absolute atomic E-state index is 10.6. The lowest BCUT2D eigenvalue weighted by atomic mass is 10.3. The maximum atomic E-state index is 10.6. The van der Waals surface area contributed by atoms with Crippen molar-refractivity contribution < 1.29 is 9.53 Å². The summed E-state index contributed by atoms with van der Waals surface area (Å²) in [7, 11) is 1.90. The van der Waals surface area contributed by atoms with E-state index < -0.39 is 0 Å². The number of aromatic nitrogens is 2. The van der Waals surface area contributed by atoms with E-state index in [0.29, 0.717) is 5.95 Å². The zero-order valence-electron chi connectivity index (χ0n) is 9.53. The number of nitrogens with one attached hydrogen (secondary N) is 1. The molecule has 6 heteroatoms. The topological polar surface area (TPSA) is 56.1 Å². The minimum Gasteiger partial charge on any atom is -0.445 e. The van der Waals surface area contributed by atoms with E-state index in [-0.39, 0.29) is 12.7 Å². The van der Waals surface area contributed by atoms with Crippen LogP contribution in [0.2, 0.25) is 0 Å². The van der Waals surface area contributed by atoms with Gasteiger partial charge in [0, 0.05) is 18.4 Å². The molecule has 1 aromatic carbocycles. The Balaban J connectivity index is 2.23. The number of carbonyl (C=O) groups excluding carboxylic acids is 1. The number of imidazole rings is 1. The van der Waals surface area contributed by atoms with Crippen molar-refractivity contribution >= 4 is 38.9 Å². The van der Waals surface area contributed by atoms with Gasteiger partial charge >= 0.3 is 5.97 Å². The Bertz CT molecular complexity index is 565. The number of benzene rings is 1. The first-order valence-electron chi connectivity index (χ1n) is 5.07. The van der Waals surface area contributed by atoms with E-state index in [1.165, 1.54) is 6.92 Å². The molecule has 0 spiro atoms. The van der Waals surface area contributed by atoms with Crippen LogP contribution in [0.15, 0.2) is 22.7 Å². The number of fused-ring (bicyclic) bond motifs is 1. The van der Waals surface area contributed by atoms with Crippen molar-refractivity contribution in [2.45, 2.75) is 6.92 Å². The Labute approximate surface area is 107 Å². The van der Waals surface area contributed by atoms with Crippen LogP contribution in [-0.4, -0.2) is 22.3 Å². The van der Waals surface area contributed by atoms with Crippen molar-refractivity contribution in [3.05, 3.63) is 22.7 Å². The van der Waals surface area contributed by atoms with Gasteiger partial charge in [-0.2, -0.15) is 0 Å². The minimum atomic E-state index is -0.320. The minimum absolute atomic E-state index is 0.119. The van der Waals surface area contributed by atoms with E-state index in [9.17, 15) is 4.79 Å². The molecule has 0 bridgehead atoms. The summed E-state index contributed by atoms with van der Waals surface area (Å²) >= 11 is 3.42. The third-order valence-electron chi connectivity index (χ3n) is 2.35. The molecule has 0 unspecified atom stereocenters. The van der Waals surface area contributed by atoms with Crippen LogP contribution in [0.5, 0.6) is 0 Å². The highest BCUT2D eigenvalue weighted by molar-refractivity contribution is 9.10. The van der Waals surface area contributed by atoms with E-state index >= 15 is 0 Å². The van der Waals surface area contributed by atoms with Crippen LogP contribution in [0.1, 0.15) is 6.92 Å². The van der Waals surface area contributed by atoms with Crippen molar-refractivity contribution in [2.75, 3.05) is 12.0 Å². The largest absolute Gasteiger partial charge is 0.445 e. The van der Waals surface area contributed by atoms with Gasteiger partial charge in [0.2, 0.25) is 5.95 Å². The fraction of sp³-hybridized carbons (Fsp3) is 0.273. The number of hydrogen-bond acceptors (Lipinski definition) is 4. The van der Waals surface area contributed by atoms with Gasteiger partial charge in [-0.05, 0) is 18.2 Å². The van der Waals surface area contributed by atoms with Crippen molar-refractivity contribution in [3.63, 3.8) is 0 Å². The monoisotopic (exact) mass is 297 g/mol. The van der Waals surface area contributed by atoms with Gasteiger partial charge in [-0.25, -0.2) is 4.98 Å². The van der Waals surface area contributed by atoms with Crippen LogP contribution in [0.3, 0.4) is 0 Å². The van der Waals surface area contributed by atoms with Crippen LogP contribution < -0.4 is 5.32 Å². The second-order valence-electron chi connectivity index (χ2n) is 3.58. The fourth-order valence-corrected chi connectivity index (χ4v) is 1.87. The standard InChI is InChI=1S/C11H12BrN3O2/c1-7(16)17-6-13-11-14-9-4-3-8(12)5-10(9)15(11)2/h3-5H,6H2,1-2H3,(H,13,14). The molecule has 0 radical (unpaired) electrons. The number of nitrogens with zero attached hydrogens (tertiary/aromatic N) is 2. The Morgan fingerprint density at radius 2 is 2.35 bits per heavy atom. The summed E-state index contributed by atoms with van der Waals surface area (Å²) in [5.74, 6) is 0.346. The van der Waals surface area contributed by atoms with Crippen LogP contribution in [-0.2, 0) is 16.6 Å². The Kier molecular flexibility index (Phi) is 3.33. The third-order valence-corrected chi connectivity index (χ3v) is 2.84. The molecule has 0 fully saturated rings. The van der Waals surface area contributed by atoms with Crippen LogP contribution in [0, 0.1) is 0 Å². The van der Waals surface area contributed by atoms with E-state index in [1.807, 2.05) is 29.8 Å². The quantitative estimate of drug-likeness (QED) is 0.697. The molecule has 0 atom stereocenters. The average molecular weight is 298 g/mol. The molecule has 5 nitrogen and oxygen atoms in total. The van der Waals surface area contributed by atoms with Crippen LogP contribution >= 0.6 is 15.9 Å². The predicted molar refractivity (Wildman–Crippen MR) is 68.7 cm³/mol. The number of ether oxygens (including phenoxy) is 1. The molecule has 1 heterocycles. The lowest BCUT2D eigenvalue weighted by Crippen LogP contribution is -2.12. The van der Waals surface area contributed by atoms with Crippen molar-refractivity contribution in [3.8, 4) is 0 Å². The third kappa shape index (κ3) is 2.58. The van der Waals surface area contributed by atoms with E-state index in [0.717, 1.165) is 15.5 Å². The molecule has 2 aromatic rings. The summed E-state index contributed by atoms with van der Waals surface area (Å²) in [6.45, 7) is 1.49. The fourth-order valence-electron chi connectivity index (χ4n) is 1.52. The number of aryl methyl sites for hydroxylation is 1. The molecule has 17 heavy (non-hydrogen) atoms. The van der Waals surface area contributed by atoms with Gasteiger partial charge in [0.15, 0.2) is 6.73 Å². The Morgan fingerprint density at radius 3 is 3.06 bits per heavy atom. The summed E-state index contributed by atoms with van der Waals surface area (Å²) in [5, 5.41) is 2.95. The predicted octanol–water partition coefficient (Wildman–Crippen LogP) is 2.27. The smallest absolute Gasteiger partial charge is 0.304 e. The van der Waals surface area contributed by atoms with Gasteiger partial charge in [-0.3, -0.25) is 4.79 Å². The highest BCUT2D eigenvalue weighted by Crippen LogP contribution is 2.22. The van der Waals surface area contributed by atoms with Crippen molar-refractivity contribution in [2.24, 2.45) is 7.05 Å². The zero-order chi connectivity index (χ0) is 12.4. The van der Waals surface area contributed by atoms with E-state index in [2.05, 4.69) is 26.2 Å². The maximum Gasteiger partial charge on any atom is 0.304 e. The molecule has 0 aliphatic rings. The molecule has 90 valence electrons. The van der Waals surface area contributed by atoms with Gasteiger partial charge in [0.05, 0.1) is 11.0 Å². The number of anilines is 1. The second-order valence-corrected chi connectivity index (χ2v) is 4.50. The van der Waals surface area contributed by atoms with Crippen LogP contribution in [0.4, 0.5) is 5.95 Å². The number of esters is 1. The highest BCUT2D eigenvalue weighted by Gasteiger charge is 2.07. The molecule has 0 saturated heterocycles. The van der Waals surface area contributed by atoms with E-state index in [1.54, 1.807) is 0 Å². The molecule has 0 amide bonds. The lowest BCUT2D eigenvalue weighted by Gasteiger charge is -2.05. The van der Waals surface area contributed by atoms with Gasteiger partial charge in [0.1, 0.15) is 0 Å². The number of halogens is 1. The van der Waals surface area contributed by atoms with Gasteiger partial charge in [-0.1, -0.05) is 15.9 Å². The second kappa shape index (κ2) is 4.75. The summed E-state index contributed by atoms with van der Waals surface area (Å²) in [4.78, 5) is 15.0. The van der Waals surface area contributed by atoms with Gasteiger partial charge in [0.25, 0.3) is 0 Å². The number of hydrogen-bond donors (Lipinski definition) is 1. The first-order valence-corrected chi connectivity index (χ1v) is 5.86. The average Bonchev–Trinajstić information content (AvgIpc) is 2.56. The van der Waals surface area contributed by atoms with Crippen molar-refractivity contribution in [1.29, 1.82) is 0 Å². The summed E-state index contributed by atoms with van der Waals surface area (Å²) < 4.78 is 7.71. The normalized spacial score (nSPS) is 10.5. The summed E-state index contributed by atoms with van der Waals surface area (Å²) in [6, 6.07) is 5.85. The van der Waals surface area contributed by atoms with Gasteiger partial charge in [-0.15, -0.1) is 0 Å². The molecule has 2 rings (SSSR count). The SMILES string of the molecule is CC(=O)OCNc1nc2ccc(Br)cc2n1C. The summed E-state index contributed by atoms with van der Waals surface area (Å²) in [5.41, 5.74) is 1.89. The van der Waals surface area contributed by atoms with E-state index in [4.69, 9.17) is 4.74 Å². The Morgan fingerprint density at radius 1 is 1.59 bits per heavy atom. The molecular weight excluding hydrogens is 286 g/mol. The first kappa shape index (κ1) is 11.9. The first-order chi connectivity index (χ1) is 8.08. The Hall–Kier alpha value is -1.56. The molecule has 1 N–H and O–H groups in total. The summed E-state index contributed by atoms with van der Waals surface area (Å²) in [6.07, 6.45) is 0. The number of carbonyl (C=O) groups is 1. The van der Waals surface area contributed by atoms with Gasteiger partial charge < -0.3 is 14.6 Å². The highest BCUT2D eigenvalue weighted by atomic mass is 79.9. The van der Waals surface area contributed by atoms with Crippen LogP contribution in [0.25, 0.3) is 11.0 Å². The zero-order valence-corrected chi connectivity index (χ0v) is 11.1. The molecule has 1 aromatic heterocycles. The lowest BCUT2D eigenvalue weighted by molar-refractivity contribution is -0.140. The molecule has 0 aliphatic carbocycles. The molecule has 0 aliphatic heterocycles.